The van der Waals surface area contributed by atoms with Gasteiger partial charge in [-0.3, -0.25) is 4.79 Å². The number of aromatic nitrogens is 4. The number of halogens is 3. The monoisotopic (exact) mass is 486 g/mol. The topological polar surface area (TPSA) is 106 Å². The van der Waals surface area contributed by atoms with Crippen molar-refractivity contribution in [3.05, 3.63) is 72.1 Å². The number of hydrogen-bond acceptors (Lipinski definition) is 8. The minimum Gasteiger partial charge on any atom is -0.403 e. The summed E-state index contributed by atoms with van der Waals surface area (Å²) < 4.78 is 44.4. The van der Waals surface area contributed by atoms with Crippen molar-refractivity contribution in [2.75, 3.05) is 10.6 Å². The number of amides is 1. The smallest absolute Gasteiger partial charge is 0.403 e. The molecule has 0 spiro atoms. The summed E-state index contributed by atoms with van der Waals surface area (Å²) in [5, 5.41) is 13.8. The summed E-state index contributed by atoms with van der Waals surface area (Å²) >= 11 is 1.42. The number of anilines is 3. The molecule has 0 aliphatic heterocycles. The molecular weight excluding hydrogens is 469 g/mol. The van der Waals surface area contributed by atoms with Gasteiger partial charge in [-0.05, 0) is 48.0 Å². The van der Waals surface area contributed by atoms with Crippen LogP contribution < -0.4 is 10.6 Å². The summed E-state index contributed by atoms with van der Waals surface area (Å²) in [7, 11) is 0. The van der Waals surface area contributed by atoms with E-state index in [2.05, 4.69) is 30.8 Å². The molecule has 0 atom stereocenters. The van der Waals surface area contributed by atoms with E-state index in [1.165, 1.54) is 30.8 Å². The van der Waals surface area contributed by atoms with Gasteiger partial charge in [0.25, 0.3) is 5.89 Å². The van der Waals surface area contributed by atoms with E-state index < -0.39 is 11.7 Å². The Hall–Kier alpha value is -3.93. The minimum atomic E-state index is -4.46. The Morgan fingerprint density at radius 2 is 1.91 bits per heavy atom. The van der Waals surface area contributed by atoms with Gasteiger partial charge in [0.2, 0.25) is 5.91 Å². The van der Waals surface area contributed by atoms with Crippen LogP contribution in [0.5, 0.6) is 0 Å². The molecule has 174 valence electrons. The van der Waals surface area contributed by atoms with Crippen molar-refractivity contribution in [2.45, 2.75) is 23.9 Å². The van der Waals surface area contributed by atoms with Gasteiger partial charge >= 0.3 is 12.2 Å². The molecule has 3 heterocycles. The molecule has 0 bridgehead atoms. The van der Waals surface area contributed by atoms with Crippen molar-refractivity contribution < 1.29 is 22.4 Å². The quantitative estimate of drug-likeness (QED) is 0.328. The molecule has 0 saturated heterocycles. The Kier molecular flexibility index (Phi) is 6.77. The van der Waals surface area contributed by atoms with E-state index in [-0.39, 0.29) is 23.5 Å². The maximum absolute atomic E-state index is 12.9. The van der Waals surface area contributed by atoms with Crippen molar-refractivity contribution in [1.82, 2.24) is 20.2 Å². The Morgan fingerprint density at radius 3 is 2.71 bits per heavy atom. The first-order chi connectivity index (χ1) is 16.3. The van der Waals surface area contributed by atoms with E-state index in [0.717, 1.165) is 17.7 Å². The second-order valence-electron chi connectivity index (χ2n) is 6.99. The van der Waals surface area contributed by atoms with E-state index in [0.29, 0.717) is 22.2 Å². The molecular formula is C22H17F3N6O2S. The van der Waals surface area contributed by atoms with E-state index in [4.69, 9.17) is 4.42 Å². The summed E-state index contributed by atoms with van der Waals surface area (Å²) in [5.41, 5.74) is 0.866. The minimum absolute atomic E-state index is 0.0526. The zero-order chi connectivity index (χ0) is 24.1. The highest BCUT2D eigenvalue weighted by molar-refractivity contribution is 7.98. The highest BCUT2D eigenvalue weighted by atomic mass is 32.2. The first kappa shape index (κ1) is 23.2. The maximum atomic E-state index is 12.9. The molecule has 0 unspecified atom stereocenters. The summed E-state index contributed by atoms with van der Waals surface area (Å²) in [6, 6.07) is 11.7. The van der Waals surface area contributed by atoms with Crippen LogP contribution in [0.15, 0.2) is 70.4 Å². The number of thioether (sulfide) groups is 1. The first-order valence-corrected chi connectivity index (χ1v) is 10.8. The van der Waals surface area contributed by atoms with Crippen LogP contribution in [0.25, 0.3) is 11.5 Å². The zero-order valence-corrected chi connectivity index (χ0v) is 18.4. The number of hydrogen-bond donors (Lipinski definition) is 2. The molecule has 0 fully saturated rings. The van der Waals surface area contributed by atoms with Crippen LogP contribution in [0.3, 0.4) is 0 Å². The van der Waals surface area contributed by atoms with Crippen molar-refractivity contribution in [3.8, 4) is 11.5 Å². The number of carbonyl (C=O) groups excluding carboxylic acids is 1. The number of nitrogens with zero attached hydrogens (tertiary/aromatic N) is 4. The third kappa shape index (κ3) is 5.90. The molecule has 8 nitrogen and oxygen atoms in total. The van der Waals surface area contributed by atoms with Crippen LogP contribution in [0.2, 0.25) is 0 Å². The standard InChI is InChI=1S/C22H17F3N6O2S/c1-13(32)28-18-10-14(7-9-26-18)12-34-20-17(6-3-8-27-20)19-30-31-21(33-19)29-16-5-2-4-15(11-16)22(23,24)25/h2-11H,12H2,1H3,(H,29,31)(H,26,28,32). The Labute approximate surface area is 196 Å². The largest absolute Gasteiger partial charge is 0.416 e. The normalized spacial score (nSPS) is 11.3. The molecule has 1 amide bonds. The van der Waals surface area contributed by atoms with Gasteiger partial charge in [-0.2, -0.15) is 13.2 Å². The predicted molar refractivity (Wildman–Crippen MR) is 120 cm³/mol. The third-order valence-electron chi connectivity index (χ3n) is 4.37. The fraction of sp³-hybridized carbons (Fsp3) is 0.136. The van der Waals surface area contributed by atoms with Crippen LogP contribution >= 0.6 is 11.8 Å². The van der Waals surface area contributed by atoms with Crippen LogP contribution in [-0.4, -0.2) is 26.1 Å². The molecule has 0 aliphatic rings. The predicted octanol–water partition coefficient (Wildman–Crippen LogP) is 5.54. The lowest BCUT2D eigenvalue weighted by molar-refractivity contribution is -0.137. The van der Waals surface area contributed by atoms with Gasteiger partial charge in [-0.25, -0.2) is 9.97 Å². The van der Waals surface area contributed by atoms with E-state index >= 15 is 0 Å². The lowest BCUT2D eigenvalue weighted by atomic mass is 10.2. The highest BCUT2D eigenvalue weighted by Gasteiger charge is 2.30. The summed E-state index contributed by atoms with van der Waals surface area (Å²) in [4.78, 5) is 19.7. The number of pyridine rings is 2. The molecule has 4 aromatic rings. The molecule has 12 heteroatoms. The summed E-state index contributed by atoms with van der Waals surface area (Å²) in [6.07, 6.45) is -1.24. The summed E-state index contributed by atoms with van der Waals surface area (Å²) in [5.74, 6) is 0.936. The van der Waals surface area contributed by atoms with Crippen LogP contribution in [-0.2, 0) is 16.7 Å². The van der Waals surface area contributed by atoms with Crippen molar-refractivity contribution >= 4 is 35.2 Å². The molecule has 34 heavy (non-hydrogen) atoms. The van der Waals surface area contributed by atoms with Gasteiger partial charge in [0, 0.05) is 30.8 Å². The van der Waals surface area contributed by atoms with Crippen molar-refractivity contribution in [3.63, 3.8) is 0 Å². The SMILES string of the molecule is CC(=O)Nc1cc(CSc2ncccc2-c2nnc(Nc3cccc(C(F)(F)F)c3)o2)ccn1. The molecule has 3 aromatic heterocycles. The van der Waals surface area contributed by atoms with E-state index in [1.807, 2.05) is 6.07 Å². The second kappa shape index (κ2) is 9.91. The lowest BCUT2D eigenvalue weighted by Gasteiger charge is -2.08. The van der Waals surface area contributed by atoms with Gasteiger partial charge in [0.15, 0.2) is 0 Å². The molecule has 2 N–H and O–H groups in total. The van der Waals surface area contributed by atoms with E-state index in [1.54, 1.807) is 30.6 Å². The van der Waals surface area contributed by atoms with Crippen molar-refractivity contribution in [2.24, 2.45) is 0 Å². The van der Waals surface area contributed by atoms with Crippen LogP contribution in [0.4, 0.5) is 30.7 Å². The molecule has 4 rings (SSSR count). The number of rotatable bonds is 7. The molecule has 1 aromatic carbocycles. The molecule has 0 saturated carbocycles. The number of alkyl halides is 3. The third-order valence-corrected chi connectivity index (χ3v) is 5.45. The van der Waals surface area contributed by atoms with Crippen LogP contribution in [0.1, 0.15) is 18.1 Å². The average molecular weight is 486 g/mol. The van der Waals surface area contributed by atoms with Gasteiger partial charge in [0.05, 0.1) is 11.1 Å². The fourth-order valence-electron chi connectivity index (χ4n) is 2.91. The zero-order valence-electron chi connectivity index (χ0n) is 17.6. The first-order valence-electron chi connectivity index (χ1n) is 9.86. The van der Waals surface area contributed by atoms with Gasteiger partial charge < -0.3 is 15.1 Å². The second-order valence-corrected chi connectivity index (χ2v) is 7.96. The Morgan fingerprint density at radius 1 is 1.06 bits per heavy atom. The average Bonchev–Trinajstić information content (AvgIpc) is 3.25. The maximum Gasteiger partial charge on any atom is 0.416 e. The Bertz CT molecular complexity index is 1310. The van der Waals surface area contributed by atoms with Crippen molar-refractivity contribution in [1.29, 1.82) is 0 Å². The highest BCUT2D eigenvalue weighted by Crippen LogP contribution is 2.33. The number of nitrogens with one attached hydrogen (secondary N) is 2. The lowest BCUT2D eigenvalue weighted by Crippen LogP contribution is -2.07. The van der Waals surface area contributed by atoms with Crippen LogP contribution in [0, 0.1) is 0 Å². The summed E-state index contributed by atoms with van der Waals surface area (Å²) in [6.45, 7) is 1.41. The molecule has 0 aliphatic carbocycles. The number of carbonyl (C=O) groups is 1. The number of benzene rings is 1. The molecule has 0 radical (unpaired) electrons. The van der Waals surface area contributed by atoms with E-state index in [9.17, 15) is 18.0 Å². The van der Waals surface area contributed by atoms with Gasteiger partial charge in [-0.1, -0.05) is 11.2 Å². The Balaban J connectivity index is 1.49. The van der Waals surface area contributed by atoms with Gasteiger partial charge in [-0.15, -0.1) is 16.9 Å². The fourth-order valence-corrected chi connectivity index (χ4v) is 3.84. The van der Waals surface area contributed by atoms with Gasteiger partial charge in [0.1, 0.15) is 10.8 Å².